The number of rotatable bonds is 3. The number of aromatic nitrogens is 2. The van der Waals surface area contributed by atoms with Gasteiger partial charge in [-0.05, 0) is 37.3 Å². The van der Waals surface area contributed by atoms with Crippen LogP contribution in [-0.2, 0) is 17.9 Å². The maximum Gasteiger partial charge on any atom is 0.322 e. The van der Waals surface area contributed by atoms with Crippen LogP contribution in [0.3, 0.4) is 0 Å². The van der Waals surface area contributed by atoms with Gasteiger partial charge in [0.2, 0.25) is 5.91 Å². The lowest BCUT2D eigenvalue weighted by Crippen LogP contribution is -2.45. The lowest BCUT2D eigenvalue weighted by atomic mass is 10.1. The molecule has 1 saturated carbocycles. The fourth-order valence-electron chi connectivity index (χ4n) is 3.02. The van der Waals surface area contributed by atoms with Gasteiger partial charge in [0, 0.05) is 18.4 Å². The van der Waals surface area contributed by atoms with Crippen LogP contribution in [0.15, 0.2) is 36.7 Å². The zero-order valence-corrected chi connectivity index (χ0v) is 14.1. The summed E-state index contributed by atoms with van der Waals surface area (Å²) in [6.07, 6.45) is 5.99. The van der Waals surface area contributed by atoms with Gasteiger partial charge in [0.1, 0.15) is 6.04 Å². The van der Waals surface area contributed by atoms with Crippen molar-refractivity contribution in [1.29, 1.82) is 0 Å². The smallest absolute Gasteiger partial charge is 0.322 e. The van der Waals surface area contributed by atoms with E-state index < -0.39 is 6.04 Å². The second-order valence-electron chi connectivity index (χ2n) is 6.77. The minimum absolute atomic E-state index is 0.190. The number of nitrogens with one attached hydrogen (secondary N) is 2. The predicted octanol–water partition coefficient (Wildman–Crippen LogP) is 2.67. The maximum absolute atomic E-state index is 12.7. The topological polar surface area (TPSA) is 79.3 Å². The third-order valence-electron chi connectivity index (χ3n) is 4.75. The number of carbonyl (C=O) groups is 2. The Kier molecular flexibility index (Phi) is 3.91. The number of benzene rings is 1. The molecule has 0 saturated heterocycles. The molecule has 1 atom stereocenters. The molecule has 1 aromatic heterocycles. The molecular weight excluding hydrogens is 318 g/mol. The Labute approximate surface area is 146 Å². The summed E-state index contributed by atoms with van der Waals surface area (Å²) in [5, 5.41) is 10.0. The van der Waals surface area contributed by atoms with Crippen molar-refractivity contribution in [3.05, 3.63) is 42.2 Å². The van der Waals surface area contributed by atoms with Crippen molar-refractivity contribution in [1.82, 2.24) is 14.7 Å². The number of urea groups is 1. The highest BCUT2D eigenvalue weighted by atomic mass is 16.2. The summed E-state index contributed by atoms with van der Waals surface area (Å²) < 4.78 is 1.86. The first kappa shape index (κ1) is 15.7. The summed E-state index contributed by atoms with van der Waals surface area (Å²) in [6.45, 7) is 3.00. The Hall–Kier alpha value is -2.83. The highest BCUT2D eigenvalue weighted by Crippen LogP contribution is 2.30. The molecule has 2 aromatic rings. The van der Waals surface area contributed by atoms with E-state index in [1.54, 1.807) is 18.0 Å². The summed E-state index contributed by atoms with van der Waals surface area (Å²) in [5.41, 5.74) is 2.32. The van der Waals surface area contributed by atoms with Gasteiger partial charge >= 0.3 is 6.03 Å². The van der Waals surface area contributed by atoms with Crippen LogP contribution in [0.4, 0.5) is 16.2 Å². The van der Waals surface area contributed by atoms with Crippen molar-refractivity contribution < 1.29 is 9.59 Å². The molecule has 2 aliphatic rings. The molecule has 7 heteroatoms. The fraction of sp³-hybridized carbons (Fsp3) is 0.389. The van der Waals surface area contributed by atoms with E-state index in [2.05, 4.69) is 15.7 Å². The summed E-state index contributed by atoms with van der Waals surface area (Å²) >= 11 is 0. The average Bonchev–Trinajstić information content (AvgIpc) is 3.32. The molecule has 1 aliphatic carbocycles. The van der Waals surface area contributed by atoms with Crippen molar-refractivity contribution >= 4 is 23.3 Å². The molecule has 130 valence electrons. The second-order valence-corrected chi connectivity index (χ2v) is 6.77. The minimum Gasteiger partial charge on any atom is -0.324 e. The van der Waals surface area contributed by atoms with Gasteiger partial charge in [0.15, 0.2) is 0 Å². The van der Waals surface area contributed by atoms with Crippen LogP contribution in [-0.4, -0.2) is 32.7 Å². The van der Waals surface area contributed by atoms with Gasteiger partial charge in [-0.25, -0.2) is 4.79 Å². The lowest BCUT2D eigenvalue weighted by Gasteiger charge is -2.25. The van der Waals surface area contributed by atoms with Crippen molar-refractivity contribution in [3.63, 3.8) is 0 Å². The molecule has 1 unspecified atom stereocenters. The van der Waals surface area contributed by atoms with Gasteiger partial charge in [-0.3, -0.25) is 9.48 Å². The standard InChI is InChI=1S/C18H21N5O2/c1-12-17(24)21-16-5-3-2-4-14(16)10-23(12)18(25)20-15-8-19-22(11-15)9-13-6-7-13/h2-5,8,11-13H,6-7,9-10H2,1H3,(H,20,25)(H,21,24). The van der Waals surface area contributed by atoms with Crippen LogP contribution in [0, 0.1) is 5.92 Å². The first-order valence-electron chi connectivity index (χ1n) is 8.59. The van der Waals surface area contributed by atoms with Crippen LogP contribution in [0.5, 0.6) is 0 Å². The summed E-state index contributed by atoms with van der Waals surface area (Å²) in [6, 6.07) is 6.68. The van der Waals surface area contributed by atoms with E-state index in [4.69, 9.17) is 0 Å². The van der Waals surface area contributed by atoms with Gasteiger partial charge in [-0.15, -0.1) is 0 Å². The Bertz CT molecular complexity index is 811. The quantitative estimate of drug-likeness (QED) is 0.902. The Morgan fingerprint density at radius 2 is 2.16 bits per heavy atom. The Morgan fingerprint density at radius 3 is 2.96 bits per heavy atom. The third kappa shape index (κ3) is 3.35. The molecule has 4 rings (SSSR count). The van der Waals surface area contributed by atoms with Crippen LogP contribution in [0.25, 0.3) is 0 Å². The van der Waals surface area contributed by atoms with Crippen LogP contribution < -0.4 is 10.6 Å². The molecule has 0 radical (unpaired) electrons. The van der Waals surface area contributed by atoms with Gasteiger partial charge < -0.3 is 15.5 Å². The number of para-hydroxylation sites is 1. The molecular formula is C18H21N5O2. The fourth-order valence-corrected chi connectivity index (χ4v) is 3.02. The predicted molar refractivity (Wildman–Crippen MR) is 94.0 cm³/mol. The van der Waals surface area contributed by atoms with E-state index in [-0.39, 0.29) is 11.9 Å². The number of nitrogens with zero attached hydrogens (tertiary/aromatic N) is 3. The normalized spacial score (nSPS) is 19.8. The van der Waals surface area contributed by atoms with E-state index in [1.807, 2.05) is 35.1 Å². The Balaban J connectivity index is 1.49. The van der Waals surface area contributed by atoms with Gasteiger partial charge in [-0.2, -0.15) is 5.10 Å². The zero-order chi connectivity index (χ0) is 17.4. The van der Waals surface area contributed by atoms with E-state index in [1.165, 1.54) is 12.8 Å². The van der Waals surface area contributed by atoms with E-state index >= 15 is 0 Å². The first-order valence-corrected chi connectivity index (χ1v) is 8.59. The molecule has 1 aliphatic heterocycles. The second kappa shape index (κ2) is 6.23. The monoisotopic (exact) mass is 339 g/mol. The van der Waals surface area contributed by atoms with Crippen LogP contribution >= 0.6 is 0 Å². The molecule has 1 aromatic carbocycles. The van der Waals surface area contributed by atoms with Gasteiger partial charge in [-0.1, -0.05) is 18.2 Å². The molecule has 3 amide bonds. The number of anilines is 2. The molecule has 2 N–H and O–H groups in total. The van der Waals surface area contributed by atoms with E-state index in [0.717, 1.165) is 17.8 Å². The summed E-state index contributed by atoms with van der Waals surface area (Å²) in [7, 11) is 0. The number of hydrogen-bond donors (Lipinski definition) is 2. The first-order chi connectivity index (χ1) is 12.1. The maximum atomic E-state index is 12.7. The molecule has 7 nitrogen and oxygen atoms in total. The summed E-state index contributed by atoms with van der Waals surface area (Å²) in [4.78, 5) is 26.6. The minimum atomic E-state index is -0.561. The molecule has 0 bridgehead atoms. The number of fused-ring (bicyclic) bond motifs is 1. The largest absolute Gasteiger partial charge is 0.324 e. The van der Waals surface area contributed by atoms with Crippen molar-refractivity contribution in [2.24, 2.45) is 5.92 Å². The number of carbonyl (C=O) groups excluding carboxylic acids is 2. The number of hydrogen-bond acceptors (Lipinski definition) is 3. The number of amides is 3. The highest BCUT2D eigenvalue weighted by Gasteiger charge is 2.30. The van der Waals surface area contributed by atoms with Crippen LogP contribution in [0.2, 0.25) is 0 Å². The molecule has 1 fully saturated rings. The van der Waals surface area contributed by atoms with E-state index in [0.29, 0.717) is 18.2 Å². The van der Waals surface area contributed by atoms with E-state index in [9.17, 15) is 9.59 Å². The van der Waals surface area contributed by atoms with Crippen LogP contribution in [0.1, 0.15) is 25.3 Å². The molecule has 25 heavy (non-hydrogen) atoms. The Morgan fingerprint density at radius 1 is 1.36 bits per heavy atom. The van der Waals surface area contributed by atoms with Crippen molar-refractivity contribution in [2.45, 2.75) is 38.9 Å². The summed E-state index contributed by atoms with van der Waals surface area (Å²) in [5.74, 6) is 0.527. The molecule has 2 heterocycles. The average molecular weight is 339 g/mol. The molecule has 0 spiro atoms. The highest BCUT2D eigenvalue weighted by molar-refractivity contribution is 6.00. The van der Waals surface area contributed by atoms with Crippen molar-refractivity contribution in [2.75, 3.05) is 10.6 Å². The lowest BCUT2D eigenvalue weighted by molar-refractivity contribution is -0.119. The SMILES string of the molecule is CC1C(=O)Nc2ccccc2CN1C(=O)Nc1cnn(CC2CC2)c1. The zero-order valence-electron chi connectivity index (χ0n) is 14.1. The van der Waals surface area contributed by atoms with Crippen molar-refractivity contribution in [3.8, 4) is 0 Å². The van der Waals surface area contributed by atoms with Gasteiger partial charge in [0.25, 0.3) is 0 Å². The third-order valence-corrected chi connectivity index (χ3v) is 4.75. The van der Waals surface area contributed by atoms with Gasteiger partial charge in [0.05, 0.1) is 18.4 Å².